The predicted molar refractivity (Wildman–Crippen MR) is 109 cm³/mol. The number of para-hydroxylation sites is 1. The Kier molecular flexibility index (Phi) is 4.36. The Morgan fingerprint density at radius 3 is 2.71 bits per heavy atom. The van der Waals surface area contributed by atoms with Gasteiger partial charge in [0.1, 0.15) is 23.1 Å². The average Bonchev–Trinajstić information content (AvgIpc) is 2.71. The fraction of sp³-hybridized carbons (Fsp3) is 0.143. The van der Waals surface area contributed by atoms with Crippen LogP contribution in [0.5, 0.6) is 11.5 Å². The largest absolute Gasteiger partial charge is 0.496 e. The summed E-state index contributed by atoms with van der Waals surface area (Å²) >= 11 is 3.47. The first-order valence-corrected chi connectivity index (χ1v) is 9.29. The number of nitriles is 1. The molecule has 1 aliphatic heterocycles. The average molecular weight is 438 g/mol. The second-order valence-electron chi connectivity index (χ2n) is 6.44. The van der Waals surface area contributed by atoms with Crippen LogP contribution < -0.4 is 20.8 Å². The molecule has 0 saturated heterocycles. The number of halogens is 1. The van der Waals surface area contributed by atoms with E-state index in [1.54, 1.807) is 24.8 Å². The van der Waals surface area contributed by atoms with Crippen molar-refractivity contribution in [2.75, 3.05) is 7.11 Å². The van der Waals surface area contributed by atoms with E-state index in [1.807, 2.05) is 36.4 Å². The number of ether oxygens (including phenoxy) is 2. The molecule has 7 heteroatoms. The van der Waals surface area contributed by atoms with E-state index in [1.165, 1.54) is 0 Å². The number of benzene rings is 2. The second kappa shape index (κ2) is 6.73. The van der Waals surface area contributed by atoms with Gasteiger partial charge in [0.2, 0.25) is 5.88 Å². The summed E-state index contributed by atoms with van der Waals surface area (Å²) in [4.78, 5) is 13.3. The van der Waals surface area contributed by atoms with Gasteiger partial charge in [-0.25, -0.2) is 0 Å². The van der Waals surface area contributed by atoms with Crippen molar-refractivity contribution in [2.24, 2.45) is 12.8 Å². The molecule has 0 aliphatic carbocycles. The maximum absolute atomic E-state index is 13.3. The standard InChI is InChI=1S/C21H16BrN3O3/c1-25-15-6-4-3-5-12(15)19-18(21(25)26)17(13(10-23)20(24)28-19)11-7-8-16(27-2)14(22)9-11/h3-9,17H,24H2,1-2H3. The molecule has 0 amide bonds. The molecule has 3 aromatic rings. The van der Waals surface area contributed by atoms with Crippen molar-refractivity contribution in [1.82, 2.24) is 4.57 Å². The molecule has 2 aromatic carbocycles. The van der Waals surface area contributed by atoms with Gasteiger partial charge < -0.3 is 19.8 Å². The van der Waals surface area contributed by atoms with Crippen molar-refractivity contribution in [2.45, 2.75) is 5.92 Å². The molecule has 0 spiro atoms. The molecule has 4 rings (SSSR count). The first-order valence-electron chi connectivity index (χ1n) is 8.50. The molecule has 0 saturated carbocycles. The van der Waals surface area contributed by atoms with Crippen LogP contribution in [0.25, 0.3) is 10.9 Å². The second-order valence-corrected chi connectivity index (χ2v) is 7.30. The molecule has 6 nitrogen and oxygen atoms in total. The molecular formula is C21H16BrN3O3. The number of fused-ring (bicyclic) bond motifs is 3. The van der Waals surface area contributed by atoms with E-state index >= 15 is 0 Å². The molecule has 2 heterocycles. The van der Waals surface area contributed by atoms with E-state index in [4.69, 9.17) is 15.2 Å². The molecule has 0 radical (unpaired) electrons. The first kappa shape index (κ1) is 18.1. The molecule has 140 valence electrons. The van der Waals surface area contributed by atoms with Gasteiger partial charge in [-0.3, -0.25) is 4.79 Å². The lowest BCUT2D eigenvalue weighted by Gasteiger charge is -2.27. The third-order valence-corrected chi connectivity index (χ3v) is 5.59. The normalized spacial score (nSPS) is 15.7. The van der Waals surface area contributed by atoms with Gasteiger partial charge in [0.25, 0.3) is 5.56 Å². The molecule has 0 fully saturated rings. The third-order valence-electron chi connectivity index (χ3n) is 4.97. The van der Waals surface area contributed by atoms with Crippen LogP contribution in [0, 0.1) is 11.3 Å². The zero-order chi connectivity index (χ0) is 20.0. The third kappa shape index (κ3) is 2.57. The quantitative estimate of drug-likeness (QED) is 0.661. The van der Waals surface area contributed by atoms with Crippen molar-refractivity contribution < 1.29 is 9.47 Å². The topological polar surface area (TPSA) is 90.3 Å². The minimum atomic E-state index is -0.640. The van der Waals surface area contributed by atoms with Crippen LogP contribution in [-0.2, 0) is 7.05 Å². The number of allylic oxidation sites excluding steroid dienone is 1. The highest BCUT2D eigenvalue weighted by Gasteiger charge is 2.35. The smallest absolute Gasteiger partial charge is 0.258 e. The minimum absolute atomic E-state index is 0.00495. The highest BCUT2D eigenvalue weighted by molar-refractivity contribution is 9.10. The highest BCUT2D eigenvalue weighted by atomic mass is 79.9. The highest BCUT2D eigenvalue weighted by Crippen LogP contribution is 2.44. The molecule has 2 N–H and O–H groups in total. The summed E-state index contributed by atoms with van der Waals surface area (Å²) < 4.78 is 13.4. The molecule has 0 bridgehead atoms. The zero-order valence-electron chi connectivity index (χ0n) is 15.2. The van der Waals surface area contributed by atoms with Crippen LogP contribution in [0.3, 0.4) is 0 Å². The summed E-state index contributed by atoms with van der Waals surface area (Å²) in [5, 5.41) is 10.5. The van der Waals surface area contributed by atoms with Crippen molar-refractivity contribution in [3.63, 3.8) is 0 Å². The lowest BCUT2D eigenvalue weighted by atomic mass is 9.83. The number of nitrogens with zero attached hydrogens (tertiary/aromatic N) is 2. The SMILES string of the molecule is COc1ccc(C2C(C#N)=C(N)Oc3c2c(=O)n(C)c2ccccc32)cc1Br. The van der Waals surface area contributed by atoms with Crippen LogP contribution in [0.15, 0.2) is 63.2 Å². The molecule has 1 unspecified atom stereocenters. The summed E-state index contributed by atoms with van der Waals surface area (Å²) in [5.74, 6) is 0.412. The van der Waals surface area contributed by atoms with E-state index in [0.717, 1.165) is 16.5 Å². The van der Waals surface area contributed by atoms with E-state index in [2.05, 4.69) is 22.0 Å². The van der Waals surface area contributed by atoms with E-state index < -0.39 is 5.92 Å². The Morgan fingerprint density at radius 2 is 2.04 bits per heavy atom. The molecule has 1 atom stereocenters. The van der Waals surface area contributed by atoms with Gasteiger partial charge in [-0.1, -0.05) is 18.2 Å². The van der Waals surface area contributed by atoms with Crippen molar-refractivity contribution in [1.29, 1.82) is 5.26 Å². The van der Waals surface area contributed by atoms with Crippen LogP contribution in [0.2, 0.25) is 0 Å². The van der Waals surface area contributed by atoms with Gasteiger partial charge in [-0.2, -0.15) is 5.26 Å². The molecule has 28 heavy (non-hydrogen) atoms. The Hall–Kier alpha value is -3.24. The fourth-order valence-electron chi connectivity index (χ4n) is 3.62. The summed E-state index contributed by atoms with van der Waals surface area (Å²) in [7, 11) is 3.28. The number of methoxy groups -OCH3 is 1. The van der Waals surface area contributed by atoms with Crippen LogP contribution in [0.4, 0.5) is 0 Å². The number of pyridine rings is 1. The Morgan fingerprint density at radius 1 is 1.29 bits per heavy atom. The minimum Gasteiger partial charge on any atom is -0.496 e. The maximum atomic E-state index is 13.3. The van der Waals surface area contributed by atoms with Gasteiger partial charge in [0.15, 0.2) is 0 Å². The predicted octanol–water partition coefficient (Wildman–Crippen LogP) is 3.53. The maximum Gasteiger partial charge on any atom is 0.258 e. The lowest BCUT2D eigenvalue weighted by molar-refractivity contribution is 0.395. The Labute approximate surface area is 169 Å². The number of hydrogen-bond donors (Lipinski definition) is 1. The zero-order valence-corrected chi connectivity index (χ0v) is 16.8. The Balaban J connectivity index is 2.09. The Bertz CT molecular complexity index is 1250. The van der Waals surface area contributed by atoms with Crippen LogP contribution in [-0.4, -0.2) is 11.7 Å². The monoisotopic (exact) mass is 437 g/mol. The number of aryl methyl sites for hydroxylation is 1. The van der Waals surface area contributed by atoms with Gasteiger partial charge in [-0.15, -0.1) is 0 Å². The van der Waals surface area contributed by atoms with Gasteiger partial charge >= 0.3 is 0 Å². The van der Waals surface area contributed by atoms with E-state index in [-0.39, 0.29) is 17.0 Å². The summed E-state index contributed by atoms with van der Waals surface area (Å²) in [6.07, 6.45) is 0. The van der Waals surface area contributed by atoms with Gasteiger partial charge in [0.05, 0.1) is 28.6 Å². The fourth-order valence-corrected chi connectivity index (χ4v) is 4.18. The van der Waals surface area contributed by atoms with E-state index in [0.29, 0.717) is 21.5 Å². The number of aromatic nitrogens is 1. The number of hydrogen-bond acceptors (Lipinski definition) is 5. The summed E-state index contributed by atoms with van der Waals surface area (Å²) in [6.45, 7) is 0. The van der Waals surface area contributed by atoms with Gasteiger partial charge in [0, 0.05) is 12.4 Å². The van der Waals surface area contributed by atoms with Crippen LogP contribution >= 0.6 is 15.9 Å². The van der Waals surface area contributed by atoms with Crippen molar-refractivity contribution in [3.8, 4) is 17.6 Å². The van der Waals surface area contributed by atoms with Gasteiger partial charge in [-0.05, 0) is 45.8 Å². The number of nitrogens with two attached hydrogens (primary N) is 1. The van der Waals surface area contributed by atoms with Crippen molar-refractivity contribution in [3.05, 3.63) is 79.9 Å². The molecular weight excluding hydrogens is 422 g/mol. The summed E-state index contributed by atoms with van der Waals surface area (Å²) in [6, 6.07) is 15.0. The lowest BCUT2D eigenvalue weighted by Crippen LogP contribution is -2.31. The molecule has 1 aliphatic rings. The molecule has 1 aromatic heterocycles. The van der Waals surface area contributed by atoms with Crippen molar-refractivity contribution >= 4 is 26.8 Å². The number of rotatable bonds is 2. The van der Waals surface area contributed by atoms with Crippen LogP contribution in [0.1, 0.15) is 17.0 Å². The summed E-state index contributed by atoms with van der Waals surface area (Å²) in [5.41, 5.74) is 7.93. The first-order chi connectivity index (χ1) is 13.5. The van der Waals surface area contributed by atoms with E-state index in [9.17, 15) is 10.1 Å².